The maximum atomic E-state index is 12.2. The highest BCUT2D eigenvalue weighted by molar-refractivity contribution is 5.94. The Balaban J connectivity index is 1.51. The zero-order valence-corrected chi connectivity index (χ0v) is 13.6. The number of carbonyl (C=O) groups is 1. The average Bonchev–Trinajstić information content (AvgIpc) is 3.06. The summed E-state index contributed by atoms with van der Waals surface area (Å²) >= 11 is 0. The van der Waals surface area contributed by atoms with Gasteiger partial charge in [-0.2, -0.15) is 0 Å². The highest BCUT2D eigenvalue weighted by Gasteiger charge is 2.31. The number of ether oxygens (including phenoxy) is 1. The van der Waals surface area contributed by atoms with Crippen LogP contribution in [0.2, 0.25) is 0 Å². The molecule has 126 valence electrons. The third-order valence-electron chi connectivity index (χ3n) is 4.34. The van der Waals surface area contributed by atoms with Crippen LogP contribution in [0.4, 0.5) is 0 Å². The molecule has 2 aromatic rings. The normalized spacial score (nSPS) is 15.9. The van der Waals surface area contributed by atoms with Crippen LogP contribution in [0.1, 0.15) is 41.7 Å². The Morgan fingerprint density at radius 2 is 1.92 bits per heavy atom. The van der Waals surface area contributed by atoms with E-state index in [0.29, 0.717) is 24.5 Å². The molecule has 0 spiro atoms. The monoisotopic (exact) mass is 326 g/mol. The summed E-state index contributed by atoms with van der Waals surface area (Å²) in [5.74, 6) is 0.512. The molecule has 0 radical (unpaired) electrons. The van der Waals surface area contributed by atoms with Gasteiger partial charge in [0.15, 0.2) is 0 Å². The van der Waals surface area contributed by atoms with Gasteiger partial charge in [-0.15, -0.1) is 0 Å². The Labute approximate surface area is 141 Å². The third kappa shape index (κ3) is 4.32. The first-order valence-corrected chi connectivity index (χ1v) is 8.28. The SMILES string of the molecule is O=C(NCC1(O)CCCC1)c1ccc(OCc2ccccn2)cc1. The van der Waals surface area contributed by atoms with Gasteiger partial charge in [-0.05, 0) is 49.2 Å². The van der Waals surface area contributed by atoms with Crippen LogP contribution in [-0.4, -0.2) is 28.1 Å². The van der Waals surface area contributed by atoms with Crippen molar-refractivity contribution in [3.63, 3.8) is 0 Å². The van der Waals surface area contributed by atoms with Crippen molar-refractivity contribution in [2.24, 2.45) is 0 Å². The van der Waals surface area contributed by atoms with Crippen LogP contribution >= 0.6 is 0 Å². The van der Waals surface area contributed by atoms with E-state index in [1.54, 1.807) is 30.5 Å². The number of carbonyl (C=O) groups excluding carboxylic acids is 1. The molecular formula is C19H22N2O3. The molecule has 1 amide bonds. The van der Waals surface area contributed by atoms with Crippen molar-refractivity contribution >= 4 is 5.91 Å². The maximum absolute atomic E-state index is 12.2. The largest absolute Gasteiger partial charge is 0.487 e. The minimum Gasteiger partial charge on any atom is -0.487 e. The van der Waals surface area contributed by atoms with Crippen LogP contribution in [0.5, 0.6) is 5.75 Å². The standard InChI is InChI=1S/C19H22N2O3/c22-18(21-14-19(23)10-2-3-11-19)15-6-8-17(9-7-15)24-13-16-5-1-4-12-20-16/h1,4-9,12,23H,2-3,10-11,13-14H2,(H,21,22). The number of nitrogens with zero attached hydrogens (tertiary/aromatic N) is 1. The number of aromatic nitrogens is 1. The van der Waals surface area contributed by atoms with E-state index < -0.39 is 5.60 Å². The topological polar surface area (TPSA) is 71.5 Å². The molecule has 1 heterocycles. The zero-order chi connectivity index (χ0) is 16.8. The Morgan fingerprint density at radius 1 is 1.17 bits per heavy atom. The Bertz CT molecular complexity index is 665. The van der Waals surface area contributed by atoms with Gasteiger partial charge in [-0.25, -0.2) is 0 Å². The van der Waals surface area contributed by atoms with E-state index in [-0.39, 0.29) is 5.91 Å². The summed E-state index contributed by atoms with van der Waals surface area (Å²) in [6.45, 7) is 0.698. The van der Waals surface area contributed by atoms with Crippen LogP contribution in [0.15, 0.2) is 48.7 Å². The second-order valence-corrected chi connectivity index (χ2v) is 6.25. The van der Waals surface area contributed by atoms with Gasteiger partial charge in [-0.1, -0.05) is 18.9 Å². The quantitative estimate of drug-likeness (QED) is 0.856. The number of rotatable bonds is 6. The van der Waals surface area contributed by atoms with E-state index in [9.17, 15) is 9.90 Å². The lowest BCUT2D eigenvalue weighted by molar-refractivity contribution is 0.0449. The van der Waals surface area contributed by atoms with Gasteiger partial charge in [0.25, 0.3) is 5.91 Å². The average molecular weight is 326 g/mol. The molecule has 0 saturated heterocycles. The summed E-state index contributed by atoms with van der Waals surface area (Å²) in [5.41, 5.74) is 0.674. The lowest BCUT2D eigenvalue weighted by Gasteiger charge is -2.22. The minimum atomic E-state index is -0.735. The van der Waals surface area contributed by atoms with Crippen molar-refractivity contribution in [2.75, 3.05) is 6.54 Å². The second kappa shape index (κ2) is 7.45. The molecule has 1 saturated carbocycles. The molecule has 1 aliphatic carbocycles. The molecule has 1 fully saturated rings. The van der Waals surface area contributed by atoms with Crippen molar-refractivity contribution in [3.8, 4) is 5.75 Å². The molecule has 0 aliphatic heterocycles. The summed E-state index contributed by atoms with van der Waals surface area (Å²) in [6, 6.07) is 12.7. The van der Waals surface area contributed by atoms with E-state index in [2.05, 4.69) is 10.3 Å². The fraction of sp³-hybridized carbons (Fsp3) is 0.368. The first-order valence-electron chi connectivity index (χ1n) is 8.28. The summed E-state index contributed by atoms with van der Waals surface area (Å²) < 4.78 is 5.65. The lowest BCUT2D eigenvalue weighted by Crippen LogP contribution is -2.40. The van der Waals surface area contributed by atoms with Gasteiger partial charge in [0.1, 0.15) is 12.4 Å². The van der Waals surface area contributed by atoms with E-state index in [0.717, 1.165) is 31.4 Å². The van der Waals surface area contributed by atoms with E-state index in [1.807, 2.05) is 18.2 Å². The van der Waals surface area contributed by atoms with E-state index in [4.69, 9.17) is 4.74 Å². The van der Waals surface area contributed by atoms with Gasteiger partial charge in [0.2, 0.25) is 0 Å². The lowest BCUT2D eigenvalue weighted by atomic mass is 10.0. The van der Waals surface area contributed by atoms with Crippen LogP contribution in [-0.2, 0) is 6.61 Å². The molecule has 0 bridgehead atoms. The fourth-order valence-electron chi connectivity index (χ4n) is 2.90. The van der Waals surface area contributed by atoms with Gasteiger partial charge in [0, 0.05) is 18.3 Å². The third-order valence-corrected chi connectivity index (χ3v) is 4.34. The smallest absolute Gasteiger partial charge is 0.251 e. The highest BCUT2D eigenvalue weighted by Crippen LogP contribution is 2.28. The molecule has 0 atom stereocenters. The van der Waals surface area contributed by atoms with Gasteiger partial charge >= 0.3 is 0 Å². The predicted molar refractivity (Wildman–Crippen MR) is 90.8 cm³/mol. The molecule has 24 heavy (non-hydrogen) atoms. The number of benzene rings is 1. The Hall–Kier alpha value is -2.40. The molecule has 5 nitrogen and oxygen atoms in total. The van der Waals surface area contributed by atoms with Gasteiger partial charge < -0.3 is 15.2 Å². The van der Waals surface area contributed by atoms with E-state index >= 15 is 0 Å². The minimum absolute atomic E-state index is 0.174. The number of nitrogens with one attached hydrogen (secondary N) is 1. The number of hydrogen-bond donors (Lipinski definition) is 2. The first-order chi connectivity index (χ1) is 11.6. The van der Waals surface area contributed by atoms with Crippen molar-refractivity contribution in [1.82, 2.24) is 10.3 Å². The fourth-order valence-corrected chi connectivity index (χ4v) is 2.90. The molecule has 5 heteroatoms. The van der Waals surface area contributed by atoms with Crippen LogP contribution < -0.4 is 10.1 Å². The van der Waals surface area contributed by atoms with Crippen molar-refractivity contribution in [1.29, 1.82) is 0 Å². The molecular weight excluding hydrogens is 304 g/mol. The zero-order valence-electron chi connectivity index (χ0n) is 13.6. The predicted octanol–water partition coefficient (Wildman–Crippen LogP) is 2.70. The molecule has 1 aliphatic rings. The maximum Gasteiger partial charge on any atom is 0.251 e. The van der Waals surface area contributed by atoms with Crippen LogP contribution in [0.25, 0.3) is 0 Å². The number of hydrogen-bond acceptors (Lipinski definition) is 4. The summed E-state index contributed by atoms with van der Waals surface area (Å²) in [4.78, 5) is 16.4. The summed E-state index contributed by atoms with van der Waals surface area (Å²) in [7, 11) is 0. The number of pyridine rings is 1. The molecule has 2 N–H and O–H groups in total. The second-order valence-electron chi connectivity index (χ2n) is 6.25. The summed E-state index contributed by atoms with van der Waals surface area (Å²) in [6.07, 6.45) is 5.29. The van der Waals surface area contributed by atoms with Crippen molar-refractivity contribution < 1.29 is 14.6 Å². The van der Waals surface area contributed by atoms with Crippen molar-refractivity contribution in [2.45, 2.75) is 37.9 Å². The number of aliphatic hydroxyl groups is 1. The number of amides is 1. The van der Waals surface area contributed by atoms with Crippen LogP contribution in [0, 0.1) is 0 Å². The van der Waals surface area contributed by atoms with Gasteiger partial charge in [-0.3, -0.25) is 9.78 Å². The molecule has 0 unspecified atom stereocenters. The molecule has 3 rings (SSSR count). The first kappa shape index (κ1) is 16.5. The molecule has 1 aromatic carbocycles. The van der Waals surface area contributed by atoms with E-state index in [1.165, 1.54) is 0 Å². The van der Waals surface area contributed by atoms with Gasteiger partial charge in [0.05, 0.1) is 11.3 Å². The van der Waals surface area contributed by atoms with Crippen LogP contribution in [0.3, 0.4) is 0 Å². The highest BCUT2D eigenvalue weighted by atomic mass is 16.5. The Morgan fingerprint density at radius 3 is 2.58 bits per heavy atom. The Kier molecular flexibility index (Phi) is 5.11. The summed E-state index contributed by atoms with van der Waals surface area (Å²) in [5, 5.41) is 13.1. The van der Waals surface area contributed by atoms with Crippen molar-refractivity contribution in [3.05, 3.63) is 59.9 Å². The molecule has 1 aromatic heterocycles.